The molecule has 3 atom stereocenters. The first-order chi connectivity index (χ1) is 11.0. The highest BCUT2D eigenvalue weighted by molar-refractivity contribution is 5.90. The lowest BCUT2D eigenvalue weighted by molar-refractivity contribution is -0.453. The number of aryl methyl sites for hydroxylation is 1. The Labute approximate surface area is 135 Å². The second-order valence-electron chi connectivity index (χ2n) is 6.14. The van der Waals surface area contributed by atoms with E-state index in [4.69, 9.17) is 4.74 Å². The molecular weight excluding hydrogens is 300 g/mol. The first kappa shape index (κ1) is 17.3. The zero-order valence-corrected chi connectivity index (χ0v) is 13.6. The Morgan fingerprint density at radius 2 is 1.83 bits per heavy atom. The standard InChI is InChI=1S/C17H22O6/c1-11-8-9-13(3)15(10-11)20-17(19)22-23-21-16(18)14-7-5-4-6-12(14)2/h4-7,11,13,15H,8-10H2,1-3H3. The SMILES string of the molecule is Cc1ccccc1C(=O)OOOC(=O)OC1CC(C)CCC1C. The molecular formula is C17H22O6. The Morgan fingerprint density at radius 3 is 2.57 bits per heavy atom. The Hall–Kier alpha value is -2.08. The van der Waals surface area contributed by atoms with Gasteiger partial charge in [0.15, 0.2) is 0 Å². The summed E-state index contributed by atoms with van der Waals surface area (Å²) in [7, 11) is 0. The molecule has 1 saturated carbocycles. The van der Waals surface area contributed by atoms with Gasteiger partial charge in [0, 0.05) is 0 Å². The minimum atomic E-state index is -1.01. The van der Waals surface area contributed by atoms with Gasteiger partial charge in [-0.2, -0.15) is 0 Å². The van der Waals surface area contributed by atoms with Crippen LogP contribution >= 0.6 is 0 Å². The number of rotatable bonds is 4. The quantitative estimate of drug-likeness (QED) is 0.474. The zero-order valence-electron chi connectivity index (χ0n) is 13.6. The van der Waals surface area contributed by atoms with Crippen LogP contribution in [-0.4, -0.2) is 18.2 Å². The largest absolute Gasteiger partial charge is 0.543 e. The van der Waals surface area contributed by atoms with Crippen LogP contribution in [0.1, 0.15) is 49.0 Å². The summed E-state index contributed by atoms with van der Waals surface area (Å²) in [5, 5.41) is 4.25. The van der Waals surface area contributed by atoms with Crippen LogP contribution in [0.3, 0.4) is 0 Å². The molecule has 0 bridgehead atoms. The Morgan fingerprint density at radius 1 is 1.09 bits per heavy atom. The van der Waals surface area contributed by atoms with Crippen LogP contribution in [0.5, 0.6) is 0 Å². The van der Waals surface area contributed by atoms with E-state index >= 15 is 0 Å². The van der Waals surface area contributed by atoms with E-state index in [1.807, 2.05) is 6.92 Å². The minimum absolute atomic E-state index is 0.207. The van der Waals surface area contributed by atoms with Crippen molar-refractivity contribution in [2.45, 2.75) is 46.1 Å². The number of hydrogen-bond acceptors (Lipinski definition) is 6. The third-order valence-electron chi connectivity index (χ3n) is 4.21. The van der Waals surface area contributed by atoms with Crippen molar-refractivity contribution in [2.24, 2.45) is 11.8 Å². The predicted molar refractivity (Wildman–Crippen MR) is 81.2 cm³/mol. The number of ether oxygens (including phenoxy) is 1. The molecule has 0 radical (unpaired) electrons. The van der Waals surface area contributed by atoms with Gasteiger partial charge in [-0.3, -0.25) is 4.89 Å². The Balaban J connectivity index is 1.74. The van der Waals surface area contributed by atoms with E-state index in [0.717, 1.165) is 24.8 Å². The average Bonchev–Trinajstić information content (AvgIpc) is 2.51. The van der Waals surface area contributed by atoms with Crippen molar-refractivity contribution in [3.05, 3.63) is 35.4 Å². The minimum Gasteiger partial charge on any atom is -0.429 e. The average molecular weight is 322 g/mol. The molecule has 1 aromatic carbocycles. The number of carbonyl (C=O) groups is 2. The predicted octanol–water partition coefficient (Wildman–Crippen LogP) is 3.98. The van der Waals surface area contributed by atoms with Crippen molar-refractivity contribution in [3.63, 3.8) is 0 Å². The van der Waals surface area contributed by atoms with Crippen molar-refractivity contribution in [1.29, 1.82) is 0 Å². The van der Waals surface area contributed by atoms with Gasteiger partial charge in [-0.15, -0.1) is 0 Å². The van der Waals surface area contributed by atoms with E-state index in [9.17, 15) is 9.59 Å². The number of carbonyl (C=O) groups excluding carboxylic acids is 2. The summed E-state index contributed by atoms with van der Waals surface area (Å²) in [4.78, 5) is 32.2. The molecule has 0 spiro atoms. The lowest BCUT2D eigenvalue weighted by Crippen LogP contribution is -2.31. The summed E-state index contributed by atoms with van der Waals surface area (Å²) in [5.74, 6) is 0.0348. The molecule has 1 aliphatic carbocycles. The highest BCUT2D eigenvalue weighted by Gasteiger charge is 2.29. The first-order valence-electron chi connectivity index (χ1n) is 7.79. The maximum Gasteiger partial charge on any atom is 0.543 e. The maximum atomic E-state index is 11.8. The van der Waals surface area contributed by atoms with Crippen molar-refractivity contribution in [3.8, 4) is 0 Å². The smallest absolute Gasteiger partial charge is 0.429 e. The summed E-state index contributed by atoms with van der Waals surface area (Å²) in [6, 6.07) is 6.85. The molecule has 1 aliphatic rings. The van der Waals surface area contributed by atoms with E-state index in [2.05, 4.69) is 21.7 Å². The van der Waals surface area contributed by atoms with Gasteiger partial charge < -0.3 is 4.74 Å². The molecule has 0 amide bonds. The fourth-order valence-electron chi connectivity index (χ4n) is 2.71. The second kappa shape index (κ2) is 7.97. The summed E-state index contributed by atoms with van der Waals surface area (Å²) < 4.78 is 5.21. The van der Waals surface area contributed by atoms with Gasteiger partial charge in [0.05, 0.1) is 10.6 Å². The van der Waals surface area contributed by atoms with Crippen molar-refractivity contribution < 1.29 is 29.1 Å². The molecule has 0 saturated heterocycles. The topological polar surface area (TPSA) is 71.1 Å². The Kier molecular flexibility index (Phi) is 5.98. The molecule has 6 nitrogen and oxygen atoms in total. The van der Waals surface area contributed by atoms with Crippen LogP contribution in [0.15, 0.2) is 24.3 Å². The number of benzene rings is 1. The van der Waals surface area contributed by atoms with Crippen LogP contribution in [0.4, 0.5) is 4.79 Å². The molecule has 0 N–H and O–H groups in total. The molecule has 2 rings (SSSR count). The summed E-state index contributed by atoms with van der Waals surface area (Å²) in [6.07, 6.45) is 1.71. The summed E-state index contributed by atoms with van der Waals surface area (Å²) in [6.45, 7) is 5.91. The van der Waals surface area contributed by atoms with Gasteiger partial charge in [-0.1, -0.05) is 38.5 Å². The molecule has 23 heavy (non-hydrogen) atoms. The molecule has 0 aromatic heterocycles. The van der Waals surface area contributed by atoms with E-state index in [1.165, 1.54) is 0 Å². The van der Waals surface area contributed by atoms with Gasteiger partial charge >= 0.3 is 12.1 Å². The molecule has 1 fully saturated rings. The van der Waals surface area contributed by atoms with Crippen LogP contribution in [0, 0.1) is 18.8 Å². The third-order valence-corrected chi connectivity index (χ3v) is 4.21. The fraction of sp³-hybridized carbons (Fsp3) is 0.529. The van der Waals surface area contributed by atoms with Gasteiger partial charge in [0.1, 0.15) is 6.10 Å². The maximum absolute atomic E-state index is 11.8. The van der Waals surface area contributed by atoms with Crippen molar-refractivity contribution in [2.75, 3.05) is 0 Å². The number of hydrogen-bond donors (Lipinski definition) is 0. The summed E-state index contributed by atoms with van der Waals surface area (Å²) >= 11 is 0. The van der Waals surface area contributed by atoms with Gasteiger partial charge in [-0.25, -0.2) is 14.5 Å². The molecule has 6 heteroatoms. The van der Waals surface area contributed by atoms with E-state index in [1.54, 1.807) is 31.2 Å². The van der Waals surface area contributed by atoms with Crippen LogP contribution in [-0.2, 0) is 19.6 Å². The van der Waals surface area contributed by atoms with E-state index < -0.39 is 12.1 Å². The van der Waals surface area contributed by atoms with Crippen molar-refractivity contribution in [1.82, 2.24) is 0 Å². The highest BCUT2D eigenvalue weighted by atomic mass is 17.5. The van der Waals surface area contributed by atoms with Crippen molar-refractivity contribution >= 4 is 12.1 Å². The van der Waals surface area contributed by atoms with E-state index in [-0.39, 0.29) is 12.0 Å². The molecule has 126 valence electrons. The molecule has 0 heterocycles. The lowest BCUT2D eigenvalue weighted by Gasteiger charge is -2.31. The van der Waals surface area contributed by atoms with Gasteiger partial charge in [0.25, 0.3) is 0 Å². The van der Waals surface area contributed by atoms with Crippen LogP contribution in [0.2, 0.25) is 0 Å². The second-order valence-corrected chi connectivity index (χ2v) is 6.14. The normalized spacial score (nSPS) is 23.9. The molecule has 3 unspecified atom stereocenters. The van der Waals surface area contributed by atoms with E-state index in [0.29, 0.717) is 11.5 Å². The van der Waals surface area contributed by atoms with Gasteiger partial charge in [-0.05, 0) is 43.2 Å². The van der Waals surface area contributed by atoms with Crippen LogP contribution in [0.25, 0.3) is 0 Å². The third kappa shape index (κ3) is 4.96. The zero-order chi connectivity index (χ0) is 16.8. The van der Waals surface area contributed by atoms with Crippen LogP contribution < -0.4 is 0 Å². The molecule has 1 aromatic rings. The van der Waals surface area contributed by atoms with Gasteiger partial charge in [0.2, 0.25) is 0 Å². The molecule has 0 aliphatic heterocycles. The summed E-state index contributed by atoms with van der Waals surface area (Å²) in [5.41, 5.74) is 1.06. The monoisotopic (exact) mass is 322 g/mol. The highest BCUT2D eigenvalue weighted by Crippen LogP contribution is 2.30. The first-order valence-corrected chi connectivity index (χ1v) is 7.79. The fourth-order valence-corrected chi connectivity index (χ4v) is 2.71. The Bertz CT molecular complexity index is 556. The lowest BCUT2D eigenvalue weighted by atomic mass is 9.82.